The molecule has 0 aliphatic carbocycles. The number of amides is 1. The van der Waals surface area contributed by atoms with Gasteiger partial charge in [-0.1, -0.05) is 24.3 Å². The van der Waals surface area contributed by atoms with Gasteiger partial charge in [-0.3, -0.25) is 0 Å². The minimum atomic E-state index is -0.827. The van der Waals surface area contributed by atoms with Gasteiger partial charge in [0.15, 0.2) is 0 Å². The van der Waals surface area contributed by atoms with Gasteiger partial charge in [0.2, 0.25) is 0 Å². The predicted octanol–water partition coefficient (Wildman–Crippen LogP) is 3.18. The van der Waals surface area contributed by atoms with Crippen LogP contribution in [0.2, 0.25) is 0 Å². The Kier molecular flexibility index (Phi) is 3.90. The lowest BCUT2D eigenvalue weighted by Crippen LogP contribution is -2.46. The molecule has 1 aromatic heterocycles. The summed E-state index contributed by atoms with van der Waals surface area (Å²) in [7, 11) is 0. The molecule has 1 fully saturated rings. The molecule has 0 bridgehead atoms. The number of aromatic nitrogens is 1. The Bertz CT molecular complexity index is 639. The van der Waals surface area contributed by atoms with Crippen LogP contribution in [-0.4, -0.2) is 40.2 Å². The Morgan fingerprint density at radius 2 is 2.19 bits per heavy atom. The van der Waals surface area contributed by atoms with Gasteiger partial charge >= 0.3 is 6.09 Å². The van der Waals surface area contributed by atoms with Gasteiger partial charge in [0.1, 0.15) is 5.82 Å². The lowest BCUT2D eigenvalue weighted by atomic mass is 10.0. The molecule has 1 aliphatic heterocycles. The fourth-order valence-corrected chi connectivity index (χ4v) is 2.94. The first-order valence-electron chi connectivity index (χ1n) is 7.33. The van der Waals surface area contributed by atoms with Crippen LogP contribution in [0, 0.1) is 0 Å². The molecule has 1 aliphatic rings. The number of piperidine rings is 1. The number of likely N-dealkylation sites (tertiary alicyclic amines) is 1. The Hall–Kier alpha value is -2.30. The van der Waals surface area contributed by atoms with E-state index >= 15 is 0 Å². The highest BCUT2D eigenvalue weighted by Gasteiger charge is 2.26. The van der Waals surface area contributed by atoms with Crippen LogP contribution >= 0.6 is 0 Å². The van der Waals surface area contributed by atoms with Gasteiger partial charge in [-0.25, -0.2) is 9.78 Å². The van der Waals surface area contributed by atoms with Crippen molar-refractivity contribution in [3.05, 3.63) is 36.5 Å². The van der Waals surface area contributed by atoms with Crippen molar-refractivity contribution >= 4 is 22.7 Å². The first-order chi connectivity index (χ1) is 10.3. The van der Waals surface area contributed by atoms with E-state index in [1.54, 1.807) is 11.1 Å². The summed E-state index contributed by atoms with van der Waals surface area (Å²) in [6.07, 6.45) is 3.89. The summed E-state index contributed by atoms with van der Waals surface area (Å²) in [6.45, 7) is 1.23. The van der Waals surface area contributed by atoms with Crippen LogP contribution in [-0.2, 0) is 0 Å². The minimum absolute atomic E-state index is 0.0250. The second-order valence-corrected chi connectivity index (χ2v) is 5.39. The molecule has 0 radical (unpaired) electrons. The molecule has 5 nitrogen and oxygen atoms in total. The van der Waals surface area contributed by atoms with Crippen LogP contribution in [0.3, 0.4) is 0 Å². The zero-order valence-corrected chi connectivity index (χ0v) is 11.8. The smallest absolute Gasteiger partial charge is 0.407 e. The first kappa shape index (κ1) is 13.7. The van der Waals surface area contributed by atoms with E-state index < -0.39 is 6.09 Å². The zero-order chi connectivity index (χ0) is 14.7. The Labute approximate surface area is 123 Å². The number of nitrogens with one attached hydrogen (secondary N) is 1. The molecule has 2 heterocycles. The average Bonchev–Trinajstić information content (AvgIpc) is 2.53. The normalized spacial score (nSPS) is 18.7. The van der Waals surface area contributed by atoms with Crippen LogP contribution in [0.25, 0.3) is 10.8 Å². The number of hydrogen-bond acceptors (Lipinski definition) is 3. The van der Waals surface area contributed by atoms with Crippen molar-refractivity contribution in [3.8, 4) is 0 Å². The lowest BCUT2D eigenvalue weighted by Gasteiger charge is -2.33. The van der Waals surface area contributed by atoms with Crippen molar-refractivity contribution in [2.45, 2.75) is 25.3 Å². The Morgan fingerprint density at radius 3 is 3.05 bits per heavy atom. The molecule has 1 amide bonds. The Balaban J connectivity index is 1.75. The maximum atomic E-state index is 11.3. The third kappa shape index (κ3) is 2.91. The lowest BCUT2D eigenvalue weighted by molar-refractivity contribution is 0.110. The molecule has 110 valence electrons. The SMILES string of the molecule is O=C(O)N1CCCCC1CNc1nccc2ccccc12. The van der Waals surface area contributed by atoms with E-state index in [0.717, 1.165) is 35.9 Å². The van der Waals surface area contributed by atoms with Crippen molar-refractivity contribution < 1.29 is 9.90 Å². The molecule has 0 saturated carbocycles. The highest BCUT2D eigenvalue weighted by molar-refractivity contribution is 5.91. The maximum absolute atomic E-state index is 11.3. The maximum Gasteiger partial charge on any atom is 0.407 e. The number of nitrogens with zero attached hydrogens (tertiary/aromatic N) is 2. The monoisotopic (exact) mass is 285 g/mol. The topological polar surface area (TPSA) is 65.5 Å². The molecule has 3 rings (SSSR count). The summed E-state index contributed by atoms with van der Waals surface area (Å²) in [5.74, 6) is 0.823. The van der Waals surface area contributed by atoms with Crippen LogP contribution in [0.1, 0.15) is 19.3 Å². The fraction of sp³-hybridized carbons (Fsp3) is 0.375. The molecule has 2 N–H and O–H groups in total. The standard InChI is InChI=1S/C16H19N3O2/c20-16(21)19-10-4-3-6-13(19)11-18-15-14-7-2-1-5-12(14)8-9-17-15/h1-2,5,7-9,13H,3-4,6,10-11H2,(H,17,18)(H,20,21). The van der Waals surface area contributed by atoms with Crippen LogP contribution in [0.15, 0.2) is 36.5 Å². The summed E-state index contributed by atoms with van der Waals surface area (Å²) in [6, 6.07) is 10.1. The molecule has 1 unspecified atom stereocenters. The highest BCUT2D eigenvalue weighted by Crippen LogP contribution is 2.22. The second kappa shape index (κ2) is 5.99. The number of anilines is 1. The predicted molar refractivity (Wildman–Crippen MR) is 82.6 cm³/mol. The zero-order valence-electron chi connectivity index (χ0n) is 11.8. The van der Waals surface area contributed by atoms with Crippen LogP contribution in [0.5, 0.6) is 0 Å². The molecule has 21 heavy (non-hydrogen) atoms. The number of benzene rings is 1. The van der Waals surface area contributed by atoms with Gasteiger partial charge in [-0.2, -0.15) is 0 Å². The Morgan fingerprint density at radius 1 is 1.33 bits per heavy atom. The largest absolute Gasteiger partial charge is 0.465 e. The third-order valence-electron chi connectivity index (χ3n) is 4.05. The van der Waals surface area contributed by atoms with Crippen molar-refractivity contribution in [1.29, 1.82) is 0 Å². The number of pyridine rings is 1. The van der Waals surface area contributed by atoms with Gasteiger partial charge in [0, 0.05) is 24.7 Å². The summed E-state index contributed by atoms with van der Waals surface area (Å²) >= 11 is 0. The van der Waals surface area contributed by atoms with Crippen LogP contribution < -0.4 is 5.32 Å². The number of carbonyl (C=O) groups is 1. The van der Waals surface area contributed by atoms with E-state index in [1.165, 1.54) is 0 Å². The van der Waals surface area contributed by atoms with Crippen molar-refractivity contribution in [3.63, 3.8) is 0 Å². The molecule has 0 spiro atoms. The highest BCUT2D eigenvalue weighted by atomic mass is 16.4. The number of hydrogen-bond donors (Lipinski definition) is 2. The molecule has 1 atom stereocenters. The minimum Gasteiger partial charge on any atom is -0.465 e. The molecular formula is C16H19N3O2. The molecule has 1 aromatic carbocycles. The van der Waals surface area contributed by atoms with Gasteiger partial charge < -0.3 is 15.3 Å². The van der Waals surface area contributed by atoms with Gasteiger partial charge in [0.25, 0.3) is 0 Å². The van der Waals surface area contributed by atoms with E-state index in [2.05, 4.69) is 10.3 Å². The quantitative estimate of drug-likeness (QED) is 0.909. The molecule has 1 saturated heterocycles. The van der Waals surface area contributed by atoms with Gasteiger partial charge in [-0.05, 0) is 30.7 Å². The summed E-state index contributed by atoms with van der Waals surface area (Å²) in [5, 5.41) is 14.8. The molecule has 5 heteroatoms. The number of fused-ring (bicyclic) bond motifs is 1. The van der Waals surface area contributed by atoms with E-state index in [-0.39, 0.29) is 6.04 Å². The van der Waals surface area contributed by atoms with E-state index in [1.807, 2.05) is 30.3 Å². The van der Waals surface area contributed by atoms with E-state index in [4.69, 9.17) is 0 Å². The van der Waals surface area contributed by atoms with Crippen molar-refractivity contribution in [1.82, 2.24) is 9.88 Å². The number of rotatable bonds is 3. The number of carboxylic acid groups (broad SMARTS) is 1. The van der Waals surface area contributed by atoms with Gasteiger partial charge in [-0.15, -0.1) is 0 Å². The summed E-state index contributed by atoms with van der Waals surface area (Å²) < 4.78 is 0. The van der Waals surface area contributed by atoms with E-state index in [9.17, 15) is 9.90 Å². The molecular weight excluding hydrogens is 266 g/mol. The summed E-state index contributed by atoms with van der Waals surface area (Å²) in [5.41, 5.74) is 0. The van der Waals surface area contributed by atoms with Crippen molar-refractivity contribution in [2.75, 3.05) is 18.4 Å². The van der Waals surface area contributed by atoms with E-state index in [0.29, 0.717) is 13.1 Å². The molecule has 2 aromatic rings. The average molecular weight is 285 g/mol. The van der Waals surface area contributed by atoms with Crippen LogP contribution in [0.4, 0.5) is 10.6 Å². The first-order valence-corrected chi connectivity index (χ1v) is 7.33. The van der Waals surface area contributed by atoms with Crippen molar-refractivity contribution in [2.24, 2.45) is 0 Å². The van der Waals surface area contributed by atoms with Gasteiger partial charge in [0.05, 0.1) is 6.04 Å². The fourth-order valence-electron chi connectivity index (χ4n) is 2.94. The second-order valence-electron chi connectivity index (χ2n) is 5.39. The third-order valence-corrected chi connectivity index (χ3v) is 4.05. The summed E-state index contributed by atoms with van der Waals surface area (Å²) in [4.78, 5) is 17.2.